The predicted octanol–water partition coefficient (Wildman–Crippen LogP) is 6.67. The van der Waals surface area contributed by atoms with Gasteiger partial charge in [0.15, 0.2) is 0 Å². The highest BCUT2D eigenvalue weighted by molar-refractivity contribution is 7.07. The first-order valence-corrected chi connectivity index (χ1v) is 30.7. The van der Waals surface area contributed by atoms with E-state index in [1.807, 2.05) is 31.6 Å². The minimum Gasteiger partial charge on any atom is -0.464 e. The van der Waals surface area contributed by atoms with Crippen molar-refractivity contribution in [3.63, 3.8) is 0 Å². The van der Waals surface area contributed by atoms with Gasteiger partial charge in [0.2, 0.25) is 5.91 Å². The van der Waals surface area contributed by atoms with Crippen LogP contribution in [-0.2, 0) is 51.0 Å². The summed E-state index contributed by atoms with van der Waals surface area (Å²) in [5.74, 6) is -1.11. The quantitative estimate of drug-likeness (QED) is 0.0741. The third-order valence-corrected chi connectivity index (χ3v) is 19.3. The summed E-state index contributed by atoms with van der Waals surface area (Å²) in [6, 6.07) is 9.55. The SMILES string of the molecule is CO[C@@H](C)c1ncc(N2CCN(C3CC3)CC2)cc1-c1c(CC(C)(C)COC(=O)[C@H]2NN(C(=O)[C@@H](NC(=O)[C@@H]3[C@@H](C)[C@H]3c3ccncn3)[C@@H](C)N3CCOCC3)C3CC2C3)c2cc(-c3cscn3)ccc2n1CCOC1CCOCC1. The van der Waals surface area contributed by atoms with E-state index in [1.54, 1.807) is 29.7 Å². The third-order valence-electron chi connectivity index (χ3n) is 18.7. The van der Waals surface area contributed by atoms with Crippen LogP contribution in [0.5, 0.6) is 0 Å². The number of nitrogens with one attached hydrogen (secondary N) is 2. The van der Waals surface area contributed by atoms with Crippen LogP contribution in [0.2, 0.25) is 0 Å². The molecular formula is C61H81N11O8S. The van der Waals surface area contributed by atoms with Crippen LogP contribution in [0.4, 0.5) is 5.69 Å². The molecule has 2 bridgehead atoms. The normalized spacial score (nSPS) is 25.8. The van der Waals surface area contributed by atoms with Crippen LogP contribution in [0.1, 0.15) is 102 Å². The summed E-state index contributed by atoms with van der Waals surface area (Å²) >= 11 is 1.58. The van der Waals surface area contributed by atoms with Crippen molar-refractivity contribution in [2.45, 2.75) is 134 Å². The number of nitrogens with zero attached hydrogens (tertiary/aromatic N) is 9. The van der Waals surface area contributed by atoms with Crippen LogP contribution in [0.25, 0.3) is 33.4 Å². The van der Waals surface area contributed by atoms with Gasteiger partial charge in [0, 0.05) is 141 Å². The highest BCUT2D eigenvalue weighted by Crippen LogP contribution is 2.53. The summed E-state index contributed by atoms with van der Waals surface area (Å²) in [5, 5.41) is 8.04. The second-order valence-electron chi connectivity index (χ2n) is 24.6. The molecule has 0 radical (unpaired) electrons. The number of pyridine rings is 1. The van der Waals surface area contributed by atoms with Crippen molar-refractivity contribution >= 4 is 45.7 Å². The lowest BCUT2D eigenvalue weighted by atomic mass is 9.73. The van der Waals surface area contributed by atoms with E-state index in [-0.39, 0.29) is 72.4 Å². The van der Waals surface area contributed by atoms with Crippen LogP contribution in [-0.4, -0.2) is 179 Å². The van der Waals surface area contributed by atoms with Gasteiger partial charge in [-0.15, -0.1) is 11.3 Å². The van der Waals surface area contributed by atoms with Crippen LogP contribution in [0.15, 0.2) is 59.9 Å². The lowest BCUT2D eigenvalue weighted by Gasteiger charge is -2.53. The number of fused-ring (bicyclic) bond motifs is 3. The molecule has 5 aliphatic heterocycles. The van der Waals surface area contributed by atoms with Crippen molar-refractivity contribution in [3.05, 3.63) is 76.9 Å². The number of ether oxygens (including phenoxy) is 5. The highest BCUT2D eigenvalue weighted by Gasteiger charge is 2.56. The fourth-order valence-corrected chi connectivity index (χ4v) is 14.1. The summed E-state index contributed by atoms with van der Waals surface area (Å²) in [6.07, 6.45) is 11.3. The number of hydrogen-bond donors (Lipinski definition) is 2. The van der Waals surface area contributed by atoms with Crippen LogP contribution >= 0.6 is 11.3 Å². The molecule has 434 valence electrons. The summed E-state index contributed by atoms with van der Waals surface area (Å²) in [4.78, 5) is 69.8. The Labute approximate surface area is 479 Å². The number of carbonyl (C=O) groups excluding carboxylic acids is 3. The monoisotopic (exact) mass is 1130 g/mol. The molecule has 3 aliphatic carbocycles. The molecule has 8 aliphatic rings. The molecule has 4 aromatic heterocycles. The zero-order valence-electron chi connectivity index (χ0n) is 48.0. The number of thiazole rings is 1. The van der Waals surface area contributed by atoms with Gasteiger partial charge in [0.25, 0.3) is 5.91 Å². The molecule has 13 rings (SSSR count). The molecular weight excluding hydrogens is 1050 g/mol. The van der Waals surface area contributed by atoms with Gasteiger partial charge in [-0.25, -0.2) is 20.4 Å². The number of amides is 2. The van der Waals surface area contributed by atoms with Crippen molar-refractivity contribution in [1.82, 2.24) is 50.1 Å². The van der Waals surface area contributed by atoms with E-state index in [0.717, 1.165) is 101 Å². The Morgan fingerprint density at radius 2 is 1.70 bits per heavy atom. The van der Waals surface area contributed by atoms with Gasteiger partial charge >= 0.3 is 5.97 Å². The van der Waals surface area contributed by atoms with E-state index in [9.17, 15) is 9.59 Å². The standard InChI is InChI=1S/C61H81N11O8S/c1-37-52(49-11-14-62-35-64-49)53(37)58(73)66-54(38(2)68-19-24-78-25-20-68)59(74)72-43-27-41(28-43)56(67-72)60(75)80-34-61(4,5)31-48-46-29-40(50-33-81-36-65-50)7-10-51(46)71(21-26-79-45-12-22-77-23-13-45)57(48)47-30-44(32-63-55(47)39(3)76-6)70-17-15-69(16-18-70)42-8-9-42/h7,10-11,14,29-30,32-33,35-39,41-43,45,52-54,56,67H,8-9,12-13,15-28,31,34H2,1-6H3,(H,66,73)/t37-,38+,39-,41?,43?,52-,53+,54-,56-/m0/s1. The zero-order chi connectivity index (χ0) is 55.9. The number of hydrazine groups is 1. The molecule has 9 heterocycles. The summed E-state index contributed by atoms with van der Waals surface area (Å²) < 4.78 is 33.1. The van der Waals surface area contributed by atoms with E-state index >= 15 is 4.79 Å². The van der Waals surface area contributed by atoms with Gasteiger partial charge in [-0.05, 0) is 100 Å². The van der Waals surface area contributed by atoms with E-state index in [4.69, 9.17) is 33.7 Å². The van der Waals surface area contributed by atoms with Gasteiger partial charge in [-0.3, -0.25) is 34.2 Å². The highest BCUT2D eigenvalue weighted by atomic mass is 32.1. The lowest BCUT2D eigenvalue weighted by molar-refractivity contribution is -0.172. The number of methoxy groups -OCH3 is 1. The Morgan fingerprint density at radius 3 is 2.42 bits per heavy atom. The smallest absolute Gasteiger partial charge is 0.325 e. The average Bonchev–Trinajstić information content (AvgIpc) is 4.56. The van der Waals surface area contributed by atoms with E-state index in [2.05, 4.69) is 90.4 Å². The number of carbonyl (C=O) groups is 3. The van der Waals surface area contributed by atoms with Crippen molar-refractivity contribution in [2.24, 2.45) is 23.2 Å². The van der Waals surface area contributed by atoms with Gasteiger partial charge in [0.1, 0.15) is 18.4 Å². The van der Waals surface area contributed by atoms with Crippen molar-refractivity contribution in [1.29, 1.82) is 0 Å². The number of anilines is 1. The Morgan fingerprint density at radius 1 is 0.926 bits per heavy atom. The fourth-order valence-electron chi connectivity index (χ4n) is 13.5. The summed E-state index contributed by atoms with van der Waals surface area (Å²) in [5.41, 5.74) is 13.6. The largest absolute Gasteiger partial charge is 0.464 e. The molecule has 7 atom stereocenters. The summed E-state index contributed by atoms with van der Waals surface area (Å²) in [6.45, 7) is 19.4. The lowest BCUT2D eigenvalue weighted by Crippen LogP contribution is -2.73. The number of piperazine rings is 1. The number of morpholine rings is 1. The zero-order valence-corrected chi connectivity index (χ0v) is 48.8. The molecule has 5 aromatic rings. The number of benzene rings is 1. The van der Waals surface area contributed by atoms with Gasteiger partial charge in [0.05, 0.1) is 73.1 Å². The Bertz CT molecular complexity index is 3000. The van der Waals surface area contributed by atoms with Gasteiger partial charge in [-0.2, -0.15) is 0 Å². The molecule has 2 N–H and O–H groups in total. The van der Waals surface area contributed by atoms with Crippen molar-refractivity contribution < 1.29 is 38.1 Å². The molecule has 8 fully saturated rings. The summed E-state index contributed by atoms with van der Waals surface area (Å²) in [7, 11) is 1.74. The minimum atomic E-state index is -0.865. The molecule has 2 amide bonds. The van der Waals surface area contributed by atoms with E-state index in [0.29, 0.717) is 71.9 Å². The van der Waals surface area contributed by atoms with Gasteiger partial charge in [-0.1, -0.05) is 26.8 Å². The first-order valence-electron chi connectivity index (χ1n) is 29.7. The second kappa shape index (κ2) is 24.0. The number of rotatable bonds is 21. The molecule has 0 unspecified atom stereocenters. The maximum absolute atomic E-state index is 15.0. The van der Waals surface area contributed by atoms with Crippen LogP contribution in [0, 0.1) is 23.2 Å². The maximum Gasteiger partial charge on any atom is 0.325 e. The number of esters is 1. The molecule has 3 saturated carbocycles. The maximum atomic E-state index is 15.0. The topological polar surface area (TPSA) is 191 Å². The molecule has 0 spiro atoms. The van der Waals surface area contributed by atoms with Gasteiger partial charge < -0.3 is 38.5 Å². The number of hydrogen-bond acceptors (Lipinski definition) is 17. The second-order valence-corrected chi connectivity index (χ2v) is 25.3. The minimum absolute atomic E-state index is 0.00928. The Kier molecular flexibility index (Phi) is 16.6. The van der Waals surface area contributed by atoms with Crippen LogP contribution < -0.4 is 15.6 Å². The first kappa shape index (κ1) is 56.1. The average molecular weight is 1130 g/mol. The number of aromatic nitrogens is 5. The molecule has 20 heteroatoms. The molecule has 1 aromatic carbocycles. The Hall–Kier alpha value is -5.45. The van der Waals surface area contributed by atoms with Crippen LogP contribution in [0.3, 0.4) is 0 Å². The van der Waals surface area contributed by atoms with E-state index in [1.165, 1.54) is 19.2 Å². The predicted molar refractivity (Wildman–Crippen MR) is 308 cm³/mol. The fraction of sp³-hybridized carbons (Fsp3) is 0.623. The molecule has 19 nitrogen and oxygen atoms in total. The molecule has 5 saturated heterocycles. The van der Waals surface area contributed by atoms with Crippen molar-refractivity contribution in [3.8, 4) is 22.5 Å². The van der Waals surface area contributed by atoms with E-state index < -0.39 is 17.5 Å². The third kappa shape index (κ3) is 11.9. The first-order chi connectivity index (χ1) is 39.3. The Balaban J connectivity index is 0.827. The molecule has 81 heavy (non-hydrogen) atoms. The van der Waals surface area contributed by atoms with Crippen molar-refractivity contribution in [2.75, 3.05) is 90.9 Å².